The molecule has 0 fully saturated rings. The van der Waals surface area contributed by atoms with Gasteiger partial charge in [0.2, 0.25) is 5.91 Å². The van der Waals surface area contributed by atoms with E-state index in [2.05, 4.69) is 17.6 Å². The quantitative estimate of drug-likeness (QED) is 0.680. The molecule has 0 bridgehead atoms. The van der Waals surface area contributed by atoms with Gasteiger partial charge < -0.3 is 15.4 Å². The first-order chi connectivity index (χ1) is 8.83. The minimum absolute atomic E-state index is 0. The van der Waals surface area contributed by atoms with Crippen molar-refractivity contribution in [3.8, 4) is 0 Å². The number of benzene rings is 1. The summed E-state index contributed by atoms with van der Waals surface area (Å²) in [6, 6.07) is 9.83. The zero-order valence-corrected chi connectivity index (χ0v) is 12.2. The number of halogens is 1. The first-order valence-corrected chi connectivity index (χ1v) is 6.42. The molecule has 0 aliphatic carbocycles. The van der Waals surface area contributed by atoms with Crippen LogP contribution in [-0.2, 0) is 16.1 Å². The molecular formula is C14H23ClN2O2. The minimum atomic E-state index is -0.0655. The summed E-state index contributed by atoms with van der Waals surface area (Å²) in [7, 11) is 0. The summed E-state index contributed by atoms with van der Waals surface area (Å²) in [6.07, 6.45) is 1.11. The third-order valence-corrected chi connectivity index (χ3v) is 2.40. The molecule has 0 heterocycles. The van der Waals surface area contributed by atoms with Crippen molar-refractivity contribution in [1.82, 2.24) is 10.6 Å². The van der Waals surface area contributed by atoms with Gasteiger partial charge in [-0.3, -0.25) is 4.79 Å². The van der Waals surface area contributed by atoms with Gasteiger partial charge in [-0.15, -0.1) is 12.4 Å². The van der Waals surface area contributed by atoms with Crippen LogP contribution >= 0.6 is 12.4 Å². The van der Waals surface area contributed by atoms with Crippen LogP contribution in [0.3, 0.4) is 0 Å². The van der Waals surface area contributed by atoms with E-state index in [0.717, 1.165) is 25.1 Å². The Morgan fingerprint density at radius 2 is 1.89 bits per heavy atom. The molecule has 0 atom stereocenters. The van der Waals surface area contributed by atoms with Gasteiger partial charge >= 0.3 is 0 Å². The molecule has 0 saturated heterocycles. The van der Waals surface area contributed by atoms with Crippen molar-refractivity contribution < 1.29 is 9.53 Å². The number of nitrogens with one attached hydrogen (secondary N) is 2. The third-order valence-electron chi connectivity index (χ3n) is 2.40. The maximum absolute atomic E-state index is 11.4. The van der Waals surface area contributed by atoms with Crippen LogP contribution in [-0.4, -0.2) is 32.1 Å². The Kier molecular flexibility index (Phi) is 11.3. The van der Waals surface area contributed by atoms with E-state index in [0.29, 0.717) is 13.2 Å². The molecule has 0 aromatic heterocycles. The molecule has 1 aromatic rings. The molecule has 0 aliphatic heterocycles. The molecule has 4 nitrogen and oxygen atoms in total. The highest BCUT2D eigenvalue weighted by atomic mass is 35.5. The number of carbonyl (C=O) groups excluding carboxylic acids is 1. The highest BCUT2D eigenvalue weighted by Gasteiger charge is 2.00. The molecule has 1 aromatic carbocycles. The summed E-state index contributed by atoms with van der Waals surface area (Å²) >= 11 is 0. The average molecular weight is 287 g/mol. The van der Waals surface area contributed by atoms with E-state index in [4.69, 9.17) is 4.74 Å². The maximum atomic E-state index is 11.4. The fourth-order valence-electron chi connectivity index (χ4n) is 1.48. The fourth-order valence-corrected chi connectivity index (χ4v) is 1.48. The van der Waals surface area contributed by atoms with Crippen LogP contribution in [0, 0.1) is 0 Å². The van der Waals surface area contributed by atoms with Crippen LogP contribution in [0.25, 0.3) is 0 Å². The van der Waals surface area contributed by atoms with Crippen molar-refractivity contribution in [1.29, 1.82) is 0 Å². The van der Waals surface area contributed by atoms with Crippen LogP contribution in [0.15, 0.2) is 30.3 Å². The van der Waals surface area contributed by atoms with E-state index in [1.165, 1.54) is 0 Å². The second-order valence-corrected chi connectivity index (χ2v) is 4.08. The molecular weight excluding hydrogens is 264 g/mol. The molecule has 5 heteroatoms. The second-order valence-electron chi connectivity index (χ2n) is 4.08. The van der Waals surface area contributed by atoms with Crippen LogP contribution in [0.5, 0.6) is 0 Å². The number of carbonyl (C=O) groups is 1. The zero-order valence-electron chi connectivity index (χ0n) is 11.4. The first kappa shape index (κ1) is 17.9. The fraction of sp³-hybridized carbons (Fsp3) is 0.500. The Hall–Kier alpha value is -1.10. The largest absolute Gasteiger partial charge is 0.367 e. The molecule has 1 amide bonds. The topological polar surface area (TPSA) is 50.4 Å². The Morgan fingerprint density at radius 1 is 1.16 bits per heavy atom. The number of hydrogen-bond donors (Lipinski definition) is 2. The molecule has 2 N–H and O–H groups in total. The Morgan fingerprint density at radius 3 is 2.58 bits per heavy atom. The van der Waals surface area contributed by atoms with Crippen molar-refractivity contribution in [2.24, 2.45) is 0 Å². The zero-order chi connectivity index (χ0) is 13.1. The highest BCUT2D eigenvalue weighted by molar-refractivity contribution is 5.85. The van der Waals surface area contributed by atoms with Gasteiger partial charge in [0.1, 0.15) is 6.61 Å². The van der Waals surface area contributed by atoms with E-state index < -0.39 is 0 Å². The highest BCUT2D eigenvalue weighted by Crippen LogP contribution is 1.99. The third kappa shape index (κ3) is 9.47. The van der Waals surface area contributed by atoms with Gasteiger partial charge in [-0.25, -0.2) is 0 Å². The predicted molar refractivity (Wildman–Crippen MR) is 79.5 cm³/mol. The molecule has 0 unspecified atom stereocenters. The lowest BCUT2D eigenvalue weighted by Gasteiger charge is -2.07. The average Bonchev–Trinajstić information content (AvgIpc) is 2.40. The number of amides is 1. The van der Waals surface area contributed by atoms with E-state index in [1.54, 1.807) is 0 Å². The first-order valence-electron chi connectivity index (χ1n) is 6.42. The van der Waals surface area contributed by atoms with Crippen LogP contribution in [0.2, 0.25) is 0 Å². The molecule has 0 spiro atoms. The standard InChI is InChI=1S/C14H22N2O2.ClH/c1-2-8-15-9-10-16-14(17)12-18-11-13-6-4-3-5-7-13;/h3-7,15H,2,8-12H2,1H3,(H,16,17);1H. The summed E-state index contributed by atoms with van der Waals surface area (Å²) in [6.45, 7) is 5.14. The lowest BCUT2D eigenvalue weighted by Crippen LogP contribution is -2.34. The smallest absolute Gasteiger partial charge is 0.246 e. The van der Waals surface area contributed by atoms with E-state index in [1.807, 2.05) is 30.3 Å². The monoisotopic (exact) mass is 286 g/mol. The van der Waals surface area contributed by atoms with Gasteiger partial charge in [-0.1, -0.05) is 37.3 Å². The van der Waals surface area contributed by atoms with Gasteiger partial charge in [-0.05, 0) is 18.5 Å². The van der Waals surface area contributed by atoms with Crippen molar-refractivity contribution in [3.05, 3.63) is 35.9 Å². The SMILES string of the molecule is CCCNCCNC(=O)COCc1ccccc1.Cl. The maximum Gasteiger partial charge on any atom is 0.246 e. The molecule has 19 heavy (non-hydrogen) atoms. The second kappa shape index (κ2) is 12.0. The normalized spacial score (nSPS) is 9.74. The van der Waals surface area contributed by atoms with E-state index in [-0.39, 0.29) is 24.9 Å². The number of rotatable bonds is 9. The predicted octanol–water partition coefficient (Wildman–Crippen LogP) is 1.74. The van der Waals surface area contributed by atoms with Gasteiger partial charge in [0.25, 0.3) is 0 Å². The molecule has 0 radical (unpaired) electrons. The van der Waals surface area contributed by atoms with Gasteiger partial charge in [0.05, 0.1) is 6.61 Å². The molecule has 1 rings (SSSR count). The summed E-state index contributed by atoms with van der Waals surface area (Å²) in [5.41, 5.74) is 1.08. The van der Waals surface area contributed by atoms with Gasteiger partial charge in [0, 0.05) is 13.1 Å². The van der Waals surface area contributed by atoms with Crippen molar-refractivity contribution in [2.45, 2.75) is 20.0 Å². The Balaban J connectivity index is 0.00000324. The molecule has 108 valence electrons. The lowest BCUT2D eigenvalue weighted by molar-refractivity contribution is -0.126. The van der Waals surface area contributed by atoms with Crippen LogP contribution in [0.4, 0.5) is 0 Å². The lowest BCUT2D eigenvalue weighted by atomic mass is 10.2. The number of ether oxygens (including phenoxy) is 1. The number of hydrogen-bond acceptors (Lipinski definition) is 3. The van der Waals surface area contributed by atoms with Gasteiger partial charge in [-0.2, -0.15) is 0 Å². The van der Waals surface area contributed by atoms with E-state index in [9.17, 15) is 4.79 Å². The summed E-state index contributed by atoms with van der Waals surface area (Å²) < 4.78 is 5.33. The Bertz CT molecular complexity index is 333. The Labute approximate surface area is 121 Å². The summed E-state index contributed by atoms with van der Waals surface area (Å²) in [5.74, 6) is -0.0655. The molecule has 0 saturated carbocycles. The van der Waals surface area contributed by atoms with Crippen molar-refractivity contribution in [3.63, 3.8) is 0 Å². The van der Waals surface area contributed by atoms with Gasteiger partial charge in [0.15, 0.2) is 0 Å². The van der Waals surface area contributed by atoms with Crippen LogP contribution < -0.4 is 10.6 Å². The van der Waals surface area contributed by atoms with Crippen molar-refractivity contribution >= 4 is 18.3 Å². The molecule has 0 aliphatic rings. The van der Waals surface area contributed by atoms with Crippen molar-refractivity contribution in [2.75, 3.05) is 26.2 Å². The minimum Gasteiger partial charge on any atom is -0.367 e. The van der Waals surface area contributed by atoms with E-state index >= 15 is 0 Å². The summed E-state index contributed by atoms with van der Waals surface area (Å²) in [4.78, 5) is 11.4. The summed E-state index contributed by atoms with van der Waals surface area (Å²) in [5, 5.41) is 6.02. The van der Waals surface area contributed by atoms with Crippen LogP contribution in [0.1, 0.15) is 18.9 Å².